The smallest absolute Gasteiger partial charge is 0.336 e. The number of carboxylic acid groups (broad SMARTS) is 1. The Labute approximate surface area is 212 Å². The Morgan fingerprint density at radius 3 is 2.22 bits per heavy atom. The summed E-state index contributed by atoms with van der Waals surface area (Å²) in [4.78, 5) is 13.0. The van der Waals surface area contributed by atoms with E-state index in [0.29, 0.717) is 35.0 Å². The molecule has 4 aromatic rings. The Morgan fingerprint density at radius 1 is 0.778 bits per heavy atom. The Balaban J connectivity index is 1.20. The van der Waals surface area contributed by atoms with Gasteiger partial charge in [0.05, 0.1) is 18.8 Å². The van der Waals surface area contributed by atoms with Crippen molar-refractivity contribution in [2.45, 2.75) is 22.6 Å². The fourth-order valence-corrected chi connectivity index (χ4v) is 4.51. The number of benzene rings is 4. The molecule has 0 fully saturated rings. The third-order valence-corrected chi connectivity index (χ3v) is 6.39. The fraction of sp³-hybridized carbons (Fsp3) is 0.138. The predicted molar refractivity (Wildman–Crippen MR) is 136 cm³/mol. The first-order valence-electron chi connectivity index (χ1n) is 11.4. The molecule has 1 N–H and O–H groups in total. The van der Waals surface area contributed by atoms with E-state index in [9.17, 15) is 18.7 Å². The van der Waals surface area contributed by atoms with Crippen LogP contribution in [0.25, 0.3) is 11.1 Å². The van der Waals surface area contributed by atoms with Crippen LogP contribution in [0.3, 0.4) is 0 Å². The second-order valence-electron chi connectivity index (χ2n) is 7.93. The number of aromatic carboxylic acids is 1. The zero-order valence-corrected chi connectivity index (χ0v) is 20.1. The molecule has 36 heavy (non-hydrogen) atoms. The Hall–Kier alpha value is -3.84. The fourth-order valence-electron chi connectivity index (χ4n) is 3.53. The second-order valence-corrected chi connectivity index (χ2v) is 9.05. The predicted octanol–water partition coefficient (Wildman–Crippen LogP) is 7.72. The van der Waals surface area contributed by atoms with E-state index in [2.05, 4.69) is 0 Å². The number of hydrogen-bond acceptors (Lipinski definition) is 4. The minimum Gasteiger partial charge on any atom is -0.494 e. The molecule has 7 heteroatoms. The average Bonchev–Trinajstić information content (AvgIpc) is 2.87. The zero-order chi connectivity index (χ0) is 25.3. The molecule has 184 valence electrons. The number of halogens is 2. The normalized spacial score (nSPS) is 10.7. The quantitative estimate of drug-likeness (QED) is 0.211. The molecule has 0 unspecified atom stereocenters. The number of ether oxygens (including phenoxy) is 2. The van der Waals surface area contributed by atoms with Crippen molar-refractivity contribution in [3.05, 3.63) is 108 Å². The minimum absolute atomic E-state index is 0.270. The van der Waals surface area contributed by atoms with Crippen molar-refractivity contribution in [2.75, 3.05) is 13.2 Å². The summed E-state index contributed by atoms with van der Waals surface area (Å²) in [6, 6.07) is 25.0. The van der Waals surface area contributed by atoms with Gasteiger partial charge < -0.3 is 14.6 Å². The molecular formula is C29H24F2O4S. The van der Waals surface area contributed by atoms with Crippen LogP contribution in [0.15, 0.2) is 101 Å². The maximum atomic E-state index is 13.9. The van der Waals surface area contributed by atoms with Gasteiger partial charge in [-0.2, -0.15) is 0 Å². The van der Waals surface area contributed by atoms with Gasteiger partial charge in [0.2, 0.25) is 0 Å². The van der Waals surface area contributed by atoms with E-state index in [1.165, 1.54) is 23.9 Å². The van der Waals surface area contributed by atoms with Crippen molar-refractivity contribution >= 4 is 17.7 Å². The molecule has 4 rings (SSSR count). The van der Waals surface area contributed by atoms with E-state index in [0.717, 1.165) is 29.6 Å². The summed E-state index contributed by atoms with van der Waals surface area (Å²) in [5.74, 6) is -0.762. The summed E-state index contributed by atoms with van der Waals surface area (Å²) in [5, 5.41) is 9.36. The molecule has 0 saturated heterocycles. The molecule has 4 nitrogen and oxygen atoms in total. The summed E-state index contributed by atoms with van der Waals surface area (Å²) in [5.41, 5.74) is 1.26. The van der Waals surface area contributed by atoms with Crippen LogP contribution in [0.2, 0.25) is 0 Å². The lowest BCUT2D eigenvalue weighted by atomic mass is 10.1. The van der Waals surface area contributed by atoms with Crippen LogP contribution in [-0.2, 0) is 0 Å². The number of carbonyl (C=O) groups is 1. The van der Waals surface area contributed by atoms with Gasteiger partial charge in [0.15, 0.2) is 0 Å². The van der Waals surface area contributed by atoms with E-state index >= 15 is 0 Å². The molecule has 4 aromatic carbocycles. The molecule has 0 heterocycles. The highest BCUT2D eigenvalue weighted by atomic mass is 32.2. The van der Waals surface area contributed by atoms with Gasteiger partial charge in [-0.05, 0) is 73.0 Å². The van der Waals surface area contributed by atoms with Crippen molar-refractivity contribution in [1.29, 1.82) is 0 Å². The molecule has 0 aliphatic rings. The number of rotatable bonds is 11. The zero-order valence-electron chi connectivity index (χ0n) is 19.3. The molecule has 0 amide bonds. The van der Waals surface area contributed by atoms with Crippen molar-refractivity contribution in [2.24, 2.45) is 0 Å². The van der Waals surface area contributed by atoms with Gasteiger partial charge in [0.1, 0.15) is 23.1 Å². The van der Waals surface area contributed by atoms with Crippen LogP contribution < -0.4 is 9.47 Å². The topological polar surface area (TPSA) is 55.8 Å². The van der Waals surface area contributed by atoms with Crippen molar-refractivity contribution in [3.8, 4) is 22.6 Å². The van der Waals surface area contributed by atoms with E-state index < -0.39 is 17.6 Å². The van der Waals surface area contributed by atoms with Gasteiger partial charge in [-0.1, -0.05) is 42.1 Å². The molecule has 0 radical (unpaired) electrons. The molecular weight excluding hydrogens is 482 g/mol. The van der Waals surface area contributed by atoms with Gasteiger partial charge in [0.25, 0.3) is 0 Å². The Morgan fingerprint density at radius 2 is 1.50 bits per heavy atom. The summed E-state index contributed by atoms with van der Waals surface area (Å²) in [7, 11) is 0. The Bertz CT molecular complexity index is 1330. The van der Waals surface area contributed by atoms with Crippen LogP contribution >= 0.6 is 11.8 Å². The lowest BCUT2D eigenvalue weighted by Crippen LogP contribution is -2.02. The van der Waals surface area contributed by atoms with Crippen LogP contribution in [0.4, 0.5) is 8.78 Å². The minimum atomic E-state index is -0.953. The van der Waals surface area contributed by atoms with Crippen LogP contribution in [-0.4, -0.2) is 24.3 Å². The maximum Gasteiger partial charge on any atom is 0.336 e. The van der Waals surface area contributed by atoms with Crippen LogP contribution in [0.5, 0.6) is 11.5 Å². The van der Waals surface area contributed by atoms with Crippen molar-refractivity contribution < 1.29 is 28.2 Å². The summed E-state index contributed by atoms with van der Waals surface area (Å²) in [6.45, 7) is 1.03. The van der Waals surface area contributed by atoms with Gasteiger partial charge >= 0.3 is 5.97 Å². The first-order chi connectivity index (χ1) is 17.5. The van der Waals surface area contributed by atoms with E-state index in [4.69, 9.17) is 9.47 Å². The standard InChI is InChI=1S/C29H24F2O4S/c30-21-12-15-25(27(31)18-21)20-10-13-22(14-11-20)34-16-3-4-17-35-23-6-5-7-24(19-23)36-28-9-2-1-8-26(28)29(32)33/h1-2,5-15,18-19H,3-4,16-17H2,(H,32,33). The van der Waals surface area contributed by atoms with E-state index in [1.54, 1.807) is 42.5 Å². The highest BCUT2D eigenvalue weighted by Crippen LogP contribution is 2.32. The first kappa shape index (κ1) is 25.3. The summed E-state index contributed by atoms with van der Waals surface area (Å²) >= 11 is 1.38. The van der Waals surface area contributed by atoms with E-state index in [-0.39, 0.29) is 5.56 Å². The molecule has 0 aliphatic carbocycles. The highest BCUT2D eigenvalue weighted by Gasteiger charge is 2.11. The van der Waals surface area contributed by atoms with Gasteiger partial charge in [-0.25, -0.2) is 13.6 Å². The molecule has 0 atom stereocenters. The lowest BCUT2D eigenvalue weighted by Gasteiger charge is -2.10. The molecule has 0 aliphatic heterocycles. The largest absolute Gasteiger partial charge is 0.494 e. The molecule has 0 saturated carbocycles. The average molecular weight is 507 g/mol. The summed E-state index contributed by atoms with van der Waals surface area (Å²) < 4.78 is 38.6. The number of hydrogen-bond donors (Lipinski definition) is 1. The first-order valence-corrected chi connectivity index (χ1v) is 12.2. The van der Waals surface area contributed by atoms with Gasteiger partial charge in [0, 0.05) is 21.4 Å². The number of unbranched alkanes of at least 4 members (excludes halogenated alkanes) is 1. The van der Waals surface area contributed by atoms with Crippen molar-refractivity contribution in [3.63, 3.8) is 0 Å². The second kappa shape index (κ2) is 12.2. The Kier molecular flexibility index (Phi) is 8.57. The van der Waals surface area contributed by atoms with E-state index in [1.807, 2.05) is 30.3 Å². The van der Waals surface area contributed by atoms with Crippen LogP contribution in [0.1, 0.15) is 23.2 Å². The molecule has 0 bridgehead atoms. The SMILES string of the molecule is O=C(O)c1ccccc1Sc1cccc(OCCCCOc2ccc(-c3ccc(F)cc3F)cc2)c1. The third-order valence-electron chi connectivity index (χ3n) is 5.32. The lowest BCUT2D eigenvalue weighted by molar-refractivity contribution is 0.0693. The van der Waals surface area contributed by atoms with Gasteiger partial charge in [-0.3, -0.25) is 0 Å². The number of carboxylic acids is 1. The van der Waals surface area contributed by atoms with Gasteiger partial charge in [-0.15, -0.1) is 0 Å². The molecule has 0 aromatic heterocycles. The van der Waals surface area contributed by atoms with Crippen molar-refractivity contribution in [1.82, 2.24) is 0 Å². The monoisotopic (exact) mass is 506 g/mol. The molecule has 0 spiro atoms. The third kappa shape index (κ3) is 6.86. The summed E-state index contributed by atoms with van der Waals surface area (Å²) in [6.07, 6.45) is 1.58. The van der Waals surface area contributed by atoms with Crippen LogP contribution in [0, 0.1) is 11.6 Å². The maximum absolute atomic E-state index is 13.9. The highest BCUT2D eigenvalue weighted by molar-refractivity contribution is 7.99.